The average molecular weight is 477 g/mol. The fraction of sp³-hybridized carbons (Fsp3) is 0.250. The molecule has 0 spiro atoms. The van der Waals surface area contributed by atoms with Gasteiger partial charge >= 0.3 is 0 Å². The molecule has 10 heteroatoms. The zero-order valence-electron chi connectivity index (χ0n) is 18.3. The number of carbonyl (C=O) groups is 2. The van der Waals surface area contributed by atoms with Gasteiger partial charge in [0, 0.05) is 29.2 Å². The van der Waals surface area contributed by atoms with Crippen molar-refractivity contribution in [3.8, 4) is 0 Å². The number of hydrogen-bond donors (Lipinski definition) is 3. The van der Waals surface area contributed by atoms with Crippen LogP contribution in [0.1, 0.15) is 24.6 Å². The number of aromatic nitrogens is 3. The molecule has 4 N–H and O–H groups in total. The molecular weight excluding hydrogens is 455 g/mol. The zero-order chi connectivity index (χ0) is 23.6. The standard InChI is InChI=1S/C24H21FN6O2S/c1-24(26)7-8-31(11-16(24)25)23-28-14-5-3-2-4-12(14)19(29-23)18-17(21(32)30-22(18)33)13-10-27-15-6-9-34-20(13)15/h2-6,9-10,16,27H,7-8,11,26H2,1H3,(H,30,32,33). The molecule has 2 aliphatic rings. The van der Waals surface area contributed by atoms with E-state index in [1.165, 1.54) is 11.3 Å². The van der Waals surface area contributed by atoms with Gasteiger partial charge in [0.05, 0.1) is 39.1 Å². The summed E-state index contributed by atoms with van der Waals surface area (Å²) in [6.07, 6.45) is 0.920. The Morgan fingerprint density at radius 1 is 1.18 bits per heavy atom. The minimum Gasteiger partial charge on any atom is -0.360 e. The van der Waals surface area contributed by atoms with E-state index in [1.54, 1.807) is 18.0 Å². The van der Waals surface area contributed by atoms with Crippen molar-refractivity contribution in [1.29, 1.82) is 0 Å². The Labute approximate surface area is 197 Å². The summed E-state index contributed by atoms with van der Waals surface area (Å²) in [4.78, 5) is 40.3. The maximum atomic E-state index is 14.7. The number of rotatable bonds is 3. The lowest BCUT2D eigenvalue weighted by atomic mass is 9.89. The van der Waals surface area contributed by atoms with Crippen molar-refractivity contribution in [2.75, 3.05) is 18.0 Å². The number of piperidine rings is 1. The molecule has 34 heavy (non-hydrogen) atoms. The number of benzene rings is 1. The summed E-state index contributed by atoms with van der Waals surface area (Å²) in [6, 6.07) is 9.22. The number of amides is 2. The van der Waals surface area contributed by atoms with Gasteiger partial charge in [-0.15, -0.1) is 11.3 Å². The Bertz CT molecular complexity index is 1520. The number of imide groups is 1. The van der Waals surface area contributed by atoms with Crippen molar-refractivity contribution in [2.45, 2.75) is 25.1 Å². The minimum absolute atomic E-state index is 0.0510. The fourth-order valence-corrected chi connectivity index (χ4v) is 5.46. The summed E-state index contributed by atoms with van der Waals surface area (Å²) in [5, 5.41) is 4.99. The predicted molar refractivity (Wildman–Crippen MR) is 130 cm³/mol. The van der Waals surface area contributed by atoms with Crippen LogP contribution in [0.3, 0.4) is 0 Å². The molecular formula is C24H21FN6O2S. The number of carbonyl (C=O) groups excluding carboxylic acids is 2. The van der Waals surface area contributed by atoms with Crippen LogP contribution in [0, 0.1) is 0 Å². The molecule has 0 radical (unpaired) electrons. The molecule has 0 aliphatic carbocycles. The lowest BCUT2D eigenvalue weighted by Crippen LogP contribution is -2.57. The summed E-state index contributed by atoms with van der Waals surface area (Å²) < 4.78 is 15.6. The van der Waals surface area contributed by atoms with E-state index in [0.717, 1.165) is 10.2 Å². The van der Waals surface area contributed by atoms with Gasteiger partial charge in [0.2, 0.25) is 5.95 Å². The molecule has 6 rings (SSSR count). The van der Waals surface area contributed by atoms with Crippen molar-refractivity contribution >= 4 is 61.4 Å². The Hall–Kier alpha value is -3.63. The van der Waals surface area contributed by atoms with Gasteiger partial charge in [-0.1, -0.05) is 18.2 Å². The summed E-state index contributed by atoms with van der Waals surface area (Å²) >= 11 is 1.49. The lowest BCUT2D eigenvalue weighted by Gasteiger charge is -2.39. The van der Waals surface area contributed by atoms with E-state index in [1.807, 2.05) is 35.7 Å². The molecule has 0 saturated carbocycles. The van der Waals surface area contributed by atoms with Gasteiger partial charge < -0.3 is 15.6 Å². The Balaban J connectivity index is 1.57. The van der Waals surface area contributed by atoms with Gasteiger partial charge in [-0.3, -0.25) is 14.9 Å². The van der Waals surface area contributed by atoms with Crippen LogP contribution in [-0.4, -0.2) is 51.6 Å². The van der Waals surface area contributed by atoms with Crippen molar-refractivity contribution in [3.63, 3.8) is 0 Å². The molecule has 172 valence electrons. The number of H-pyrrole nitrogens is 1. The second kappa shape index (κ2) is 7.44. The molecule has 4 aromatic rings. The smallest absolute Gasteiger partial charge is 0.261 e. The summed E-state index contributed by atoms with van der Waals surface area (Å²) in [6.45, 7) is 2.24. The Morgan fingerprint density at radius 2 is 1.97 bits per heavy atom. The summed E-state index contributed by atoms with van der Waals surface area (Å²) in [5.41, 5.74) is 8.12. The first-order chi connectivity index (χ1) is 16.3. The highest BCUT2D eigenvalue weighted by molar-refractivity contribution is 7.17. The van der Waals surface area contributed by atoms with E-state index in [-0.39, 0.29) is 17.7 Å². The first-order valence-electron chi connectivity index (χ1n) is 10.9. The normalized spacial score (nSPS) is 23.4. The first-order valence-corrected chi connectivity index (χ1v) is 11.8. The van der Waals surface area contributed by atoms with Gasteiger partial charge in [-0.2, -0.15) is 0 Å². The van der Waals surface area contributed by atoms with Crippen molar-refractivity contribution in [2.24, 2.45) is 5.73 Å². The van der Waals surface area contributed by atoms with E-state index in [9.17, 15) is 14.0 Å². The number of thiophene rings is 1. The number of nitrogens with one attached hydrogen (secondary N) is 2. The van der Waals surface area contributed by atoms with Gasteiger partial charge in [0.25, 0.3) is 11.8 Å². The van der Waals surface area contributed by atoms with Crippen LogP contribution >= 0.6 is 11.3 Å². The third kappa shape index (κ3) is 3.13. The quantitative estimate of drug-likeness (QED) is 0.392. The fourth-order valence-electron chi connectivity index (χ4n) is 4.57. The van der Waals surface area contributed by atoms with E-state index < -0.39 is 23.5 Å². The Morgan fingerprint density at radius 3 is 2.79 bits per heavy atom. The maximum Gasteiger partial charge on any atom is 0.261 e. The molecule has 1 saturated heterocycles. The summed E-state index contributed by atoms with van der Waals surface area (Å²) in [5.74, 6) is -0.683. The van der Waals surface area contributed by atoms with Crippen molar-refractivity contribution in [3.05, 3.63) is 53.2 Å². The van der Waals surface area contributed by atoms with E-state index >= 15 is 0 Å². The number of anilines is 1. The maximum absolute atomic E-state index is 14.7. The van der Waals surface area contributed by atoms with Crippen LogP contribution in [0.5, 0.6) is 0 Å². The monoisotopic (exact) mass is 476 g/mol. The van der Waals surface area contributed by atoms with Crippen molar-refractivity contribution < 1.29 is 14.0 Å². The number of halogens is 1. The predicted octanol–water partition coefficient (Wildman–Crippen LogP) is 3.01. The second-order valence-electron chi connectivity index (χ2n) is 8.96. The average Bonchev–Trinajstić information content (AvgIpc) is 3.49. The highest BCUT2D eigenvalue weighted by Gasteiger charge is 2.39. The van der Waals surface area contributed by atoms with Gasteiger partial charge in [-0.25, -0.2) is 14.4 Å². The molecule has 3 aromatic heterocycles. The van der Waals surface area contributed by atoms with Crippen LogP contribution < -0.4 is 16.0 Å². The van der Waals surface area contributed by atoms with Crippen LogP contribution in [-0.2, 0) is 9.59 Å². The van der Waals surface area contributed by atoms with Crippen LogP contribution in [0.4, 0.5) is 10.3 Å². The lowest BCUT2D eigenvalue weighted by molar-refractivity contribution is -0.122. The highest BCUT2D eigenvalue weighted by atomic mass is 32.1. The molecule has 8 nitrogen and oxygen atoms in total. The topological polar surface area (TPSA) is 117 Å². The van der Waals surface area contributed by atoms with Crippen LogP contribution in [0.15, 0.2) is 41.9 Å². The second-order valence-corrected chi connectivity index (χ2v) is 9.87. The Kier molecular flexibility index (Phi) is 4.58. The van der Waals surface area contributed by atoms with Crippen molar-refractivity contribution in [1.82, 2.24) is 20.3 Å². The molecule has 1 aromatic carbocycles. The molecule has 2 aliphatic heterocycles. The van der Waals surface area contributed by atoms with E-state index in [2.05, 4.69) is 15.3 Å². The first kappa shape index (κ1) is 20.9. The molecule has 0 bridgehead atoms. The van der Waals surface area contributed by atoms with Gasteiger partial charge in [-0.05, 0) is 30.9 Å². The van der Waals surface area contributed by atoms with Crippen LogP contribution in [0.25, 0.3) is 32.3 Å². The number of hydrogen-bond acceptors (Lipinski definition) is 7. The summed E-state index contributed by atoms with van der Waals surface area (Å²) in [7, 11) is 0. The zero-order valence-corrected chi connectivity index (χ0v) is 19.1. The molecule has 2 atom stereocenters. The molecule has 5 heterocycles. The van der Waals surface area contributed by atoms with Crippen LogP contribution in [0.2, 0.25) is 0 Å². The number of aromatic amines is 1. The van der Waals surface area contributed by atoms with Gasteiger partial charge in [0.15, 0.2) is 0 Å². The highest BCUT2D eigenvalue weighted by Crippen LogP contribution is 2.38. The van der Waals surface area contributed by atoms with Gasteiger partial charge in [0.1, 0.15) is 6.17 Å². The SMILES string of the molecule is CC1(N)CCN(c2nc(C3=C(c4c[nH]c5ccsc45)C(=O)NC3=O)c3ccccc3n2)CC1F. The third-order valence-electron chi connectivity index (χ3n) is 6.61. The molecule has 2 unspecified atom stereocenters. The number of fused-ring (bicyclic) bond motifs is 2. The largest absolute Gasteiger partial charge is 0.360 e. The van der Waals surface area contributed by atoms with E-state index in [0.29, 0.717) is 41.1 Å². The van der Waals surface area contributed by atoms with E-state index in [4.69, 9.17) is 10.7 Å². The number of alkyl halides is 1. The molecule has 2 amide bonds. The minimum atomic E-state index is -1.25. The number of nitrogens with two attached hydrogens (primary N) is 1. The number of nitrogens with zero attached hydrogens (tertiary/aromatic N) is 3. The molecule has 1 fully saturated rings. The third-order valence-corrected chi connectivity index (χ3v) is 7.56. The number of para-hydroxylation sites is 1.